The summed E-state index contributed by atoms with van der Waals surface area (Å²) in [6.45, 7) is 3.04. The van der Waals surface area contributed by atoms with Crippen LogP contribution in [0.3, 0.4) is 0 Å². The number of benzene rings is 2. The summed E-state index contributed by atoms with van der Waals surface area (Å²) in [4.78, 5) is 0. The number of rotatable bonds is 4. The van der Waals surface area contributed by atoms with Crippen LogP contribution < -0.4 is 0 Å². The Bertz CT molecular complexity index is 616. The van der Waals surface area contributed by atoms with Gasteiger partial charge in [0.05, 0.1) is 24.8 Å². The van der Waals surface area contributed by atoms with Crippen molar-refractivity contribution in [3.05, 3.63) is 69.7 Å². The molecule has 3 heteroatoms. The molecule has 0 aliphatic rings. The summed E-state index contributed by atoms with van der Waals surface area (Å²) >= 11 is 5.91. The largest absolute Gasteiger partial charge is 0.372 e. The summed E-state index contributed by atoms with van der Waals surface area (Å²) in [6.07, 6.45) is 0. The van der Waals surface area contributed by atoms with Crippen LogP contribution in [0, 0.1) is 18.3 Å². The second-order valence-corrected chi connectivity index (χ2v) is 4.81. The molecule has 2 rings (SSSR count). The maximum atomic E-state index is 8.81. The standard InChI is InChI=1S/C16H14ClNO/c1-12-7-13(9-18)5-6-15(12)11-19-10-14-3-2-4-16(17)8-14/h2-8H,10-11H2,1H3. The molecule has 0 saturated heterocycles. The summed E-state index contributed by atoms with van der Waals surface area (Å²) < 4.78 is 5.67. The maximum Gasteiger partial charge on any atom is 0.0991 e. The van der Waals surface area contributed by atoms with Gasteiger partial charge < -0.3 is 4.74 Å². The van der Waals surface area contributed by atoms with Crippen molar-refractivity contribution in [3.8, 4) is 6.07 Å². The van der Waals surface area contributed by atoms with Gasteiger partial charge in [0.2, 0.25) is 0 Å². The predicted octanol–water partition coefficient (Wildman–Crippen LogP) is 4.24. The molecule has 0 N–H and O–H groups in total. The highest BCUT2D eigenvalue weighted by Gasteiger charge is 2.01. The number of nitriles is 1. The molecule has 0 amide bonds. The average Bonchev–Trinajstić information content (AvgIpc) is 2.40. The van der Waals surface area contributed by atoms with Crippen LogP contribution in [0.15, 0.2) is 42.5 Å². The van der Waals surface area contributed by atoms with Gasteiger partial charge in [0, 0.05) is 5.02 Å². The van der Waals surface area contributed by atoms with Crippen LogP contribution >= 0.6 is 11.6 Å². The smallest absolute Gasteiger partial charge is 0.0991 e. The molecule has 0 aliphatic heterocycles. The molecule has 96 valence electrons. The third-order valence-electron chi connectivity index (χ3n) is 2.89. The van der Waals surface area contributed by atoms with E-state index in [1.54, 1.807) is 0 Å². The minimum Gasteiger partial charge on any atom is -0.372 e. The molecular formula is C16H14ClNO. The van der Waals surface area contributed by atoms with Gasteiger partial charge in [-0.3, -0.25) is 0 Å². The second-order valence-electron chi connectivity index (χ2n) is 4.38. The van der Waals surface area contributed by atoms with E-state index in [0.29, 0.717) is 18.8 Å². The van der Waals surface area contributed by atoms with E-state index in [1.165, 1.54) is 0 Å². The van der Waals surface area contributed by atoms with E-state index in [2.05, 4.69) is 6.07 Å². The Balaban J connectivity index is 1.94. The summed E-state index contributed by atoms with van der Waals surface area (Å²) in [5.74, 6) is 0. The summed E-state index contributed by atoms with van der Waals surface area (Å²) in [7, 11) is 0. The van der Waals surface area contributed by atoms with Gasteiger partial charge in [0.15, 0.2) is 0 Å². The van der Waals surface area contributed by atoms with E-state index >= 15 is 0 Å². The molecule has 0 aromatic heterocycles. The first-order chi connectivity index (χ1) is 9.19. The number of halogens is 1. The molecule has 19 heavy (non-hydrogen) atoms. The topological polar surface area (TPSA) is 33.0 Å². The monoisotopic (exact) mass is 271 g/mol. The van der Waals surface area contributed by atoms with Gasteiger partial charge in [0.25, 0.3) is 0 Å². The molecule has 2 nitrogen and oxygen atoms in total. The lowest BCUT2D eigenvalue weighted by Crippen LogP contribution is -1.96. The van der Waals surface area contributed by atoms with Crippen molar-refractivity contribution < 1.29 is 4.74 Å². The van der Waals surface area contributed by atoms with Crippen molar-refractivity contribution in [1.29, 1.82) is 5.26 Å². The average molecular weight is 272 g/mol. The number of nitrogens with zero attached hydrogens (tertiary/aromatic N) is 1. The van der Waals surface area contributed by atoms with E-state index < -0.39 is 0 Å². The molecule has 2 aromatic carbocycles. The lowest BCUT2D eigenvalue weighted by atomic mass is 10.1. The van der Waals surface area contributed by atoms with Crippen LogP contribution in [0.25, 0.3) is 0 Å². The predicted molar refractivity (Wildman–Crippen MR) is 75.8 cm³/mol. The first-order valence-electron chi connectivity index (χ1n) is 6.01. The lowest BCUT2D eigenvalue weighted by Gasteiger charge is -2.08. The highest BCUT2D eigenvalue weighted by molar-refractivity contribution is 6.30. The van der Waals surface area contributed by atoms with Crippen molar-refractivity contribution >= 4 is 11.6 Å². The van der Waals surface area contributed by atoms with Crippen LogP contribution in [0.2, 0.25) is 5.02 Å². The van der Waals surface area contributed by atoms with Crippen molar-refractivity contribution in [1.82, 2.24) is 0 Å². The molecular weight excluding hydrogens is 258 g/mol. The fourth-order valence-electron chi connectivity index (χ4n) is 1.83. The number of aryl methyl sites for hydroxylation is 1. The molecule has 0 heterocycles. The van der Waals surface area contributed by atoms with Crippen molar-refractivity contribution in [2.24, 2.45) is 0 Å². The minimum absolute atomic E-state index is 0.528. The van der Waals surface area contributed by atoms with E-state index in [9.17, 15) is 0 Å². The molecule has 0 atom stereocenters. The Kier molecular flexibility index (Phi) is 4.57. The van der Waals surface area contributed by atoms with Gasteiger partial charge >= 0.3 is 0 Å². The van der Waals surface area contributed by atoms with Gasteiger partial charge in [-0.1, -0.05) is 29.8 Å². The maximum absolute atomic E-state index is 8.81. The van der Waals surface area contributed by atoms with Gasteiger partial charge in [-0.15, -0.1) is 0 Å². The van der Waals surface area contributed by atoms with E-state index in [-0.39, 0.29) is 0 Å². The zero-order valence-corrected chi connectivity index (χ0v) is 11.4. The molecule has 0 bridgehead atoms. The summed E-state index contributed by atoms with van der Waals surface area (Å²) in [6, 6.07) is 15.4. The molecule has 0 unspecified atom stereocenters. The fourth-order valence-corrected chi connectivity index (χ4v) is 2.05. The Morgan fingerprint density at radius 3 is 2.68 bits per heavy atom. The molecule has 0 saturated carbocycles. The van der Waals surface area contributed by atoms with E-state index in [1.807, 2.05) is 49.4 Å². The molecule has 2 aromatic rings. The minimum atomic E-state index is 0.528. The van der Waals surface area contributed by atoms with Crippen molar-refractivity contribution in [3.63, 3.8) is 0 Å². The van der Waals surface area contributed by atoms with Crippen LogP contribution in [0.5, 0.6) is 0 Å². The van der Waals surface area contributed by atoms with Gasteiger partial charge in [-0.05, 0) is 47.9 Å². The first kappa shape index (κ1) is 13.6. The molecule has 0 fully saturated rings. The molecule has 0 aliphatic carbocycles. The van der Waals surface area contributed by atoms with Crippen LogP contribution in [-0.4, -0.2) is 0 Å². The molecule has 0 radical (unpaired) electrons. The van der Waals surface area contributed by atoms with E-state index in [4.69, 9.17) is 21.6 Å². The van der Waals surface area contributed by atoms with E-state index in [0.717, 1.165) is 21.7 Å². The Hall–Kier alpha value is -1.82. The SMILES string of the molecule is Cc1cc(C#N)ccc1COCc1cccc(Cl)c1. The Morgan fingerprint density at radius 1 is 1.16 bits per heavy atom. The second kappa shape index (κ2) is 6.38. The quantitative estimate of drug-likeness (QED) is 0.833. The number of ether oxygens (including phenoxy) is 1. The van der Waals surface area contributed by atoms with Crippen LogP contribution in [0.1, 0.15) is 22.3 Å². The third-order valence-corrected chi connectivity index (χ3v) is 3.12. The number of hydrogen-bond acceptors (Lipinski definition) is 2. The van der Waals surface area contributed by atoms with Gasteiger partial charge in [-0.2, -0.15) is 5.26 Å². The van der Waals surface area contributed by atoms with Gasteiger partial charge in [-0.25, -0.2) is 0 Å². The van der Waals surface area contributed by atoms with Crippen LogP contribution in [-0.2, 0) is 18.0 Å². The first-order valence-corrected chi connectivity index (χ1v) is 6.38. The normalized spacial score (nSPS) is 10.2. The Morgan fingerprint density at radius 2 is 2.00 bits per heavy atom. The van der Waals surface area contributed by atoms with Crippen LogP contribution in [0.4, 0.5) is 0 Å². The zero-order valence-electron chi connectivity index (χ0n) is 10.7. The summed E-state index contributed by atoms with van der Waals surface area (Å²) in [5, 5.41) is 9.53. The summed E-state index contributed by atoms with van der Waals surface area (Å²) in [5.41, 5.74) is 3.90. The third kappa shape index (κ3) is 3.82. The fraction of sp³-hybridized carbons (Fsp3) is 0.188. The Labute approximate surface area is 118 Å². The number of hydrogen-bond donors (Lipinski definition) is 0. The highest BCUT2D eigenvalue weighted by Crippen LogP contribution is 2.15. The van der Waals surface area contributed by atoms with Crippen molar-refractivity contribution in [2.75, 3.05) is 0 Å². The zero-order chi connectivity index (χ0) is 13.7. The van der Waals surface area contributed by atoms with Crippen molar-refractivity contribution in [2.45, 2.75) is 20.1 Å². The van der Waals surface area contributed by atoms with Gasteiger partial charge in [0.1, 0.15) is 0 Å². The molecule has 0 spiro atoms. The lowest BCUT2D eigenvalue weighted by molar-refractivity contribution is 0.107. The highest BCUT2D eigenvalue weighted by atomic mass is 35.5.